The zero-order valence-corrected chi connectivity index (χ0v) is 16.7. The van der Waals surface area contributed by atoms with E-state index in [4.69, 9.17) is 23.2 Å². The Labute approximate surface area is 169 Å². The number of benzene rings is 2. The number of hydrogen-bond acceptors (Lipinski definition) is 2. The van der Waals surface area contributed by atoms with Crippen molar-refractivity contribution >= 4 is 40.7 Å². The Kier molecular flexibility index (Phi) is 6.40. The second-order valence-corrected chi connectivity index (χ2v) is 7.76. The molecule has 0 aromatic heterocycles. The maximum atomic E-state index is 12.7. The molecular weight excluding hydrogens is 383 g/mol. The van der Waals surface area contributed by atoms with Crippen LogP contribution in [-0.4, -0.2) is 18.9 Å². The largest absolute Gasteiger partial charge is 0.352 e. The van der Waals surface area contributed by atoms with E-state index in [0.717, 1.165) is 31.2 Å². The second kappa shape index (κ2) is 8.77. The summed E-state index contributed by atoms with van der Waals surface area (Å²) in [5.74, 6) is 0.129. The average molecular weight is 405 g/mol. The molecule has 1 N–H and O–H groups in total. The number of rotatable bonds is 5. The molecular formula is C21H22Cl2N2O2. The third-order valence-corrected chi connectivity index (χ3v) is 5.37. The highest BCUT2D eigenvalue weighted by Gasteiger charge is 2.22. The molecule has 27 heavy (non-hydrogen) atoms. The highest BCUT2D eigenvalue weighted by atomic mass is 35.5. The lowest BCUT2D eigenvalue weighted by molar-refractivity contribution is -0.124. The Balaban J connectivity index is 1.62. The first-order valence-corrected chi connectivity index (χ1v) is 9.80. The highest BCUT2D eigenvalue weighted by molar-refractivity contribution is 6.35. The summed E-state index contributed by atoms with van der Waals surface area (Å²) >= 11 is 12.0. The fourth-order valence-electron chi connectivity index (χ4n) is 3.33. The van der Waals surface area contributed by atoms with Crippen LogP contribution in [0.2, 0.25) is 10.0 Å². The van der Waals surface area contributed by atoms with Gasteiger partial charge in [-0.15, -0.1) is 0 Å². The Bertz CT molecular complexity index is 810. The molecule has 2 aromatic rings. The van der Waals surface area contributed by atoms with E-state index in [1.807, 2.05) is 12.1 Å². The first-order chi connectivity index (χ1) is 12.9. The van der Waals surface area contributed by atoms with E-state index >= 15 is 0 Å². The van der Waals surface area contributed by atoms with E-state index < -0.39 is 0 Å². The normalized spacial score (nSPS) is 14.2. The van der Waals surface area contributed by atoms with E-state index in [0.29, 0.717) is 27.8 Å². The molecule has 0 bridgehead atoms. The van der Waals surface area contributed by atoms with E-state index in [1.54, 1.807) is 37.4 Å². The van der Waals surface area contributed by atoms with Gasteiger partial charge in [0.1, 0.15) is 0 Å². The molecule has 4 nitrogen and oxygen atoms in total. The molecule has 1 aliphatic rings. The number of nitrogens with zero attached hydrogens (tertiary/aromatic N) is 1. The van der Waals surface area contributed by atoms with Crippen molar-refractivity contribution in [2.24, 2.45) is 5.92 Å². The first-order valence-electron chi connectivity index (χ1n) is 9.05. The molecule has 6 heteroatoms. The SMILES string of the molecule is CN(C(=O)c1ccc(CNC(=O)C2CCCC2)cc1)c1cc(Cl)cc(Cl)c1. The number of amides is 2. The fourth-order valence-corrected chi connectivity index (χ4v) is 3.85. The van der Waals surface area contributed by atoms with E-state index in [9.17, 15) is 9.59 Å². The summed E-state index contributed by atoms with van der Waals surface area (Å²) in [7, 11) is 1.68. The molecule has 2 aromatic carbocycles. The fraction of sp³-hybridized carbons (Fsp3) is 0.333. The van der Waals surface area contributed by atoms with Crippen molar-refractivity contribution in [2.75, 3.05) is 11.9 Å². The lowest BCUT2D eigenvalue weighted by Crippen LogP contribution is -2.29. The number of anilines is 1. The minimum absolute atomic E-state index is 0.130. The number of hydrogen-bond donors (Lipinski definition) is 1. The summed E-state index contributed by atoms with van der Waals surface area (Å²) in [5.41, 5.74) is 2.15. The molecule has 142 valence electrons. The molecule has 1 fully saturated rings. The molecule has 0 unspecified atom stereocenters. The van der Waals surface area contributed by atoms with Crippen molar-refractivity contribution in [3.8, 4) is 0 Å². The third kappa shape index (κ3) is 5.02. The molecule has 1 saturated carbocycles. The van der Waals surface area contributed by atoms with Gasteiger partial charge in [0.15, 0.2) is 0 Å². The molecule has 0 spiro atoms. The van der Waals surface area contributed by atoms with Crippen molar-refractivity contribution < 1.29 is 9.59 Å². The van der Waals surface area contributed by atoms with E-state index in [-0.39, 0.29) is 17.7 Å². The van der Waals surface area contributed by atoms with Gasteiger partial charge in [-0.3, -0.25) is 9.59 Å². The average Bonchev–Trinajstić information content (AvgIpc) is 3.19. The van der Waals surface area contributed by atoms with Gasteiger partial charge in [0, 0.05) is 40.8 Å². The molecule has 0 aliphatic heterocycles. The second-order valence-electron chi connectivity index (χ2n) is 6.89. The van der Waals surface area contributed by atoms with Crippen molar-refractivity contribution in [2.45, 2.75) is 32.2 Å². The quantitative estimate of drug-likeness (QED) is 0.755. The zero-order chi connectivity index (χ0) is 19.4. The van der Waals surface area contributed by atoms with Crippen LogP contribution in [0.3, 0.4) is 0 Å². The number of carbonyl (C=O) groups excluding carboxylic acids is 2. The zero-order valence-electron chi connectivity index (χ0n) is 15.2. The highest BCUT2D eigenvalue weighted by Crippen LogP contribution is 2.26. The van der Waals surface area contributed by atoms with Crippen LogP contribution in [0.15, 0.2) is 42.5 Å². The third-order valence-electron chi connectivity index (χ3n) is 4.93. The van der Waals surface area contributed by atoms with Gasteiger partial charge in [-0.1, -0.05) is 48.2 Å². The predicted molar refractivity (Wildman–Crippen MR) is 109 cm³/mol. The minimum atomic E-state index is -0.158. The maximum Gasteiger partial charge on any atom is 0.258 e. The van der Waals surface area contributed by atoms with Crippen molar-refractivity contribution in [3.63, 3.8) is 0 Å². The van der Waals surface area contributed by atoms with Crippen LogP contribution < -0.4 is 10.2 Å². The molecule has 3 rings (SSSR count). The molecule has 2 amide bonds. The topological polar surface area (TPSA) is 49.4 Å². The summed E-state index contributed by atoms with van der Waals surface area (Å²) in [5, 5.41) is 3.94. The van der Waals surface area contributed by atoms with Crippen molar-refractivity contribution in [1.82, 2.24) is 5.32 Å². The van der Waals surface area contributed by atoms with Crippen LogP contribution in [-0.2, 0) is 11.3 Å². The van der Waals surface area contributed by atoms with Gasteiger partial charge in [0.05, 0.1) is 0 Å². The number of halogens is 2. The lowest BCUT2D eigenvalue weighted by atomic mass is 10.1. The van der Waals surface area contributed by atoms with Gasteiger partial charge in [-0.05, 0) is 48.7 Å². The molecule has 0 heterocycles. The smallest absolute Gasteiger partial charge is 0.258 e. The predicted octanol–water partition coefficient (Wildman–Crippen LogP) is 5.08. The van der Waals surface area contributed by atoms with E-state index in [2.05, 4.69) is 5.32 Å². The van der Waals surface area contributed by atoms with Crippen LogP contribution in [0, 0.1) is 5.92 Å². The first kappa shape index (κ1) is 19.7. The van der Waals surface area contributed by atoms with Crippen LogP contribution in [0.1, 0.15) is 41.6 Å². The molecule has 1 aliphatic carbocycles. The van der Waals surface area contributed by atoms with E-state index in [1.165, 1.54) is 4.90 Å². The Morgan fingerprint density at radius 1 is 1.04 bits per heavy atom. The van der Waals surface area contributed by atoms with Crippen molar-refractivity contribution in [3.05, 3.63) is 63.6 Å². The van der Waals surface area contributed by atoms with Crippen LogP contribution in [0.4, 0.5) is 5.69 Å². The molecule has 0 saturated heterocycles. The van der Waals surface area contributed by atoms with Gasteiger partial charge in [0.2, 0.25) is 5.91 Å². The van der Waals surface area contributed by atoms with Crippen LogP contribution in [0.25, 0.3) is 0 Å². The summed E-state index contributed by atoms with van der Waals surface area (Å²) in [6.45, 7) is 0.476. The Morgan fingerprint density at radius 2 is 1.63 bits per heavy atom. The summed E-state index contributed by atoms with van der Waals surface area (Å²) < 4.78 is 0. The van der Waals surface area contributed by atoms with Crippen molar-refractivity contribution in [1.29, 1.82) is 0 Å². The van der Waals surface area contributed by atoms with Crippen LogP contribution in [0.5, 0.6) is 0 Å². The van der Waals surface area contributed by atoms with Crippen LogP contribution >= 0.6 is 23.2 Å². The summed E-state index contributed by atoms with van der Waals surface area (Å²) in [4.78, 5) is 26.3. The Morgan fingerprint density at radius 3 is 2.22 bits per heavy atom. The van der Waals surface area contributed by atoms with Gasteiger partial charge >= 0.3 is 0 Å². The molecule has 0 radical (unpaired) electrons. The standard InChI is InChI=1S/C21H22Cl2N2O2/c1-25(19-11-17(22)10-18(23)12-19)21(27)16-8-6-14(7-9-16)13-24-20(26)15-4-2-3-5-15/h6-12,15H,2-5,13H2,1H3,(H,24,26). The van der Waals surface area contributed by atoms with Gasteiger partial charge in [-0.25, -0.2) is 0 Å². The summed E-state index contributed by atoms with van der Waals surface area (Å²) in [6.07, 6.45) is 4.25. The number of carbonyl (C=O) groups is 2. The minimum Gasteiger partial charge on any atom is -0.352 e. The lowest BCUT2D eigenvalue weighted by Gasteiger charge is -2.18. The van der Waals surface area contributed by atoms with Gasteiger partial charge in [-0.2, -0.15) is 0 Å². The van der Waals surface area contributed by atoms with Gasteiger partial charge < -0.3 is 10.2 Å². The number of nitrogens with one attached hydrogen (secondary N) is 1. The maximum absolute atomic E-state index is 12.7. The molecule has 0 atom stereocenters. The van der Waals surface area contributed by atoms with Gasteiger partial charge in [0.25, 0.3) is 5.91 Å². The monoisotopic (exact) mass is 404 g/mol. The summed E-state index contributed by atoms with van der Waals surface area (Å²) in [6, 6.07) is 12.3. The Hall–Kier alpha value is -2.04.